The number of carbonyl (C=O) groups excluding carboxylic acids is 3. The molecule has 0 bridgehead atoms. The van der Waals surface area contributed by atoms with Crippen molar-refractivity contribution in [3.05, 3.63) is 33.4 Å². The molecule has 10 heteroatoms. The van der Waals surface area contributed by atoms with Crippen LogP contribution in [0.25, 0.3) is 0 Å². The van der Waals surface area contributed by atoms with Gasteiger partial charge in [-0.3, -0.25) is 14.4 Å². The van der Waals surface area contributed by atoms with Gasteiger partial charge < -0.3 is 20.1 Å². The van der Waals surface area contributed by atoms with Gasteiger partial charge in [-0.15, -0.1) is 23.1 Å². The number of thioether (sulfide) groups is 1. The zero-order chi connectivity index (χ0) is 18.8. The van der Waals surface area contributed by atoms with Gasteiger partial charge in [0.2, 0.25) is 11.8 Å². The number of rotatable bonds is 6. The summed E-state index contributed by atoms with van der Waals surface area (Å²) in [5.41, 5.74) is 0.325. The molecule has 3 heterocycles. The minimum absolute atomic E-state index is 0.175. The molecule has 2 unspecified atom stereocenters. The Bertz CT molecular complexity index is 776. The van der Waals surface area contributed by atoms with Crippen LogP contribution in [-0.2, 0) is 30.3 Å². The van der Waals surface area contributed by atoms with Crippen molar-refractivity contribution < 1.29 is 29.0 Å². The average Bonchev–Trinajstić information content (AvgIpc) is 3.09. The van der Waals surface area contributed by atoms with Gasteiger partial charge in [-0.2, -0.15) is 0 Å². The molecule has 138 valence electrons. The van der Waals surface area contributed by atoms with Gasteiger partial charge in [-0.25, -0.2) is 4.79 Å². The van der Waals surface area contributed by atoms with E-state index in [-0.39, 0.29) is 18.9 Å². The Balaban J connectivity index is 1.67. The zero-order valence-corrected chi connectivity index (χ0v) is 15.3. The number of aliphatic carboxylic acids is 1. The van der Waals surface area contributed by atoms with Crippen molar-refractivity contribution in [1.82, 2.24) is 10.2 Å². The van der Waals surface area contributed by atoms with E-state index in [1.807, 2.05) is 17.5 Å². The van der Waals surface area contributed by atoms with E-state index in [0.717, 1.165) is 4.88 Å². The van der Waals surface area contributed by atoms with Crippen LogP contribution in [0, 0.1) is 0 Å². The van der Waals surface area contributed by atoms with Gasteiger partial charge in [-0.05, 0) is 16.9 Å². The minimum atomic E-state index is -1.20. The molecule has 2 amide bonds. The first-order valence-electron chi connectivity index (χ1n) is 7.73. The van der Waals surface area contributed by atoms with Crippen molar-refractivity contribution in [2.24, 2.45) is 0 Å². The number of hydrogen-bond donors (Lipinski definition) is 2. The molecule has 0 spiro atoms. The van der Waals surface area contributed by atoms with E-state index >= 15 is 0 Å². The lowest BCUT2D eigenvalue weighted by molar-refractivity contribution is -0.160. The molecular formula is C16H16N2O6S2. The highest BCUT2D eigenvalue weighted by Gasteiger charge is 2.55. The van der Waals surface area contributed by atoms with Crippen molar-refractivity contribution in [3.63, 3.8) is 0 Å². The van der Waals surface area contributed by atoms with Gasteiger partial charge >= 0.3 is 11.9 Å². The predicted molar refractivity (Wildman–Crippen MR) is 94.3 cm³/mol. The van der Waals surface area contributed by atoms with Crippen molar-refractivity contribution in [1.29, 1.82) is 0 Å². The Kier molecular flexibility index (Phi) is 5.33. The van der Waals surface area contributed by atoms with Gasteiger partial charge in [0.1, 0.15) is 18.0 Å². The Morgan fingerprint density at radius 3 is 2.77 bits per heavy atom. The molecule has 8 nitrogen and oxygen atoms in total. The van der Waals surface area contributed by atoms with E-state index in [1.54, 1.807) is 5.41 Å². The number of hydrogen-bond acceptors (Lipinski definition) is 7. The largest absolute Gasteiger partial charge is 0.479 e. The second-order valence-corrected chi connectivity index (χ2v) is 7.81. The number of carbonyl (C=O) groups is 4. The third-order valence-corrected chi connectivity index (χ3v) is 6.07. The number of nitrogens with zero attached hydrogens (tertiary/aromatic N) is 1. The third kappa shape index (κ3) is 3.61. The van der Waals surface area contributed by atoms with Crippen molar-refractivity contribution in [3.8, 4) is 0 Å². The highest BCUT2D eigenvalue weighted by molar-refractivity contribution is 8.02. The van der Waals surface area contributed by atoms with Crippen LogP contribution in [0.2, 0.25) is 0 Å². The normalized spacial score (nSPS) is 24.2. The number of ether oxygens (including phenoxy) is 1. The van der Waals surface area contributed by atoms with Crippen molar-refractivity contribution in [2.75, 3.05) is 6.61 Å². The number of carboxylic acid groups (broad SMARTS) is 1. The fraction of sp³-hybridized carbons (Fsp3) is 0.375. The first-order valence-corrected chi connectivity index (χ1v) is 9.55. The van der Waals surface area contributed by atoms with Gasteiger partial charge in [0.15, 0.2) is 6.04 Å². The molecule has 3 atom stereocenters. The molecule has 1 aromatic rings. The average molecular weight is 396 g/mol. The Hall–Kier alpha value is -2.33. The minimum Gasteiger partial charge on any atom is -0.479 e. The van der Waals surface area contributed by atoms with Crippen LogP contribution in [0.3, 0.4) is 0 Å². The van der Waals surface area contributed by atoms with Crippen LogP contribution in [0.15, 0.2) is 28.5 Å². The second kappa shape index (κ2) is 7.50. The van der Waals surface area contributed by atoms with E-state index in [4.69, 9.17) is 4.74 Å². The molecule has 26 heavy (non-hydrogen) atoms. The molecule has 0 saturated carbocycles. The fourth-order valence-corrected chi connectivity index (χ4v) is 4.72. The lowest BCUT2D eigenvalue weighted by Gasteiger charge is -2.51. The Morgan fingerprint density at radius 2 is 2.15 bits per heavy atom. The number of β-lactam (4-membered cyclic amide) rings is 1. The first kappa shape index (κ1) is 18.5. The summed E-state index contributed by atoms with van der Waals surface area (Å²) in [5, 5.41) is 15.1. The summed E-state index contributed by atoms with van der Waals surface area (Å²) in [4.78, 5) is 49.2. The number of fused-ring (bicyclic) bond motifs is 1. The predicted octanol–water partition coefficient (Wildman–Crippen LogP) is 0.591. The van der Waals surface area contributed by atoms with Crippen LogP contribution >= 0.6 is 23.1 Å². The maximum Gasteiger partial charge on any atom is 0.330 e. The first-order chi connectivity index (χ1) is 12.4. The summed E-state index contributed by atoms with van der Waals surface area (Å²) in [6.45, 7) is 1.04. The van der Waals surface area contributed by atoms with E-state index < -0.39 is 35.3 Å². The van der Waals surface area contributed by atoms with Gasteiger partial charge in [-0.1, -0.05) is 6.07 Å². The highest BCUT2D eigenvalue weighted by Crippen LogP contribution is 2.40. The van der Waals surface area contributed by atoms with Gasteiger partial charge in [0.05, 0.1) is 6.42 Å². The van der Waals surface area contributed by atoms with Crippen LogP contribution in [0.1, 0.15) is 11.8 Å². The van der Waals surface area contributed by atoms with Crippen LogP contribution in [0.4, 0.5) is 0 Å². The van der Waals surface area contributed by atoms with E-state index in [9.17, 15) is 24.3 Å². The molecule has 0 aliphatic carbocycles. The topological polar surface area (TPSA) is 113 Å². The van der Waals surface area contributed by atoms with Crippen LogP contribution < -0.4 is 5.32 Å². The number of thiophene rings is 1. The molecule has 0 radical (unpaired) electrons. The highest BCUT2D eigenvalue weighted by atomic mass is 32.2. The summed E-state index contributed by atoms with van der Waals surface area (Å²) in [6, 6.07) is 1.71. The smallest absolute Gasteiger partial charge is 0.330 e. The molecular weight excluding hydrogens is 380 g/mol. The molecule has 2 N–H and O–H groups in total. The monoisotopic (exact) mass is 396 g/mol. The summed E-state index contributed by atoms with van der Waals surface area (Å²) < 4.78 is 4.86. The van der Waals surface area contributed by atoms with E-state index in [0.29, 0.717) is 5.57 Å². The number of amides is 2. The quantitative estimate of drug-likeness (QED) is 0.534. The SMILES string of the molecule is CC(=O)OCC1=CS[C@@H]2C(NC(=O)Cc3cccs3)C(=O)N2C1C(=O)O. The maximum atomic E-state index is 12.4. The number of esters is 1. The molecule has 1 saturated heterocycles. The summed E-state index contributed by atoms with van der Waals surface area (Å²) in [7, 11) is 0. The summed E-state index contributed by atoms with van der Waals surface area (Å²) in [6.07, 6.45) is 0.175. The summed E-state index contributed by atoms with van der Waals surface area (Å²) in [5.74, 6) is -2.48. The van der Waals surface area contributed by atoms with E-state index in [1.165, 1.54) is 34.9 Å². The van der Waals surface area contributed by atoms with Crippen molar-refractivity contribution >= 4 is 46.9 Å². The fourth-order valence-electron chi connectivity index (χ4n) is 2.81. The van der Waals surface area contributed by atoms with E-state index in [2.05, 4.69) is 5.32 Å². The van der Waals surface area contributed by atoms with Crippen LogP contribution in [0.5, 0.6) is 0 Å². The Labute approximate surface area is 157 Å². The second-order valence-electron chi connectivity index (χ2n) is 5.79. The molecule has 0 aromatic carbocycles. The number of carboxylic acids is 1. The Morgan fingerprint density at radius 1 is 1.38 bits per heavy atom. The third-order valence-electron chi connectivity index (χ3n) is 3.98. The molecule has 1 aromatic heterocycles. The zero-order valence-electron chi connectivity index (χ0n) is 13.7. The summed E-state index contributed by atoms with van der Waals surface area (Å²) >= 11 is 2.68. The van der Waals surface area contributed by atoms with Crippen LogP contribution in [-0.4, -0.2) is 57.8 Å². The standard InChI is InChI=1S/C16H16N2O6S2/c1-8(19)24-6-9-7-26-15-12(14(21)18(15)13(9)16(22)23)17-11(20)5-10-3-2-4-25-10/h2-4,7,12-13,15H,5-6H2,1H3,(H,17,20)(H,22,23)/t12?,13?,15-/m1/s1. The molecule has 1 fully saturated rings. The lowest BCUT2D eigenvalue weighted by atomic mass is 9.98. The van der Waals surface area contributed by atoms with Gasteiger partial charge in [0.25, 0.3) is 0 Å². The number of nitrogens with one attached hydrogen (secondary N) is 1. The van der Waals surface area contributed by atoms with Crippen molar-refractivity contribution in [2.45, 2.75) is 30.8 Å². The van der Waals surface area contributed by atoms with Gasteiger partial charge in [0, 0.05) is 17.4 Å². The molecule has 2 aliphatic rings. The molecule has 2 aliphatic heterocycles. The molecule has 3 rings (SSSR count). The lowest BCUT2D eigenvalue weighted by Crippen LogP contribution is -2.74. The maximum absolute atomic E-state index is 12.4.